The number of hydrogen-bond acceptors (Lipinski definition) is 1. The van der Waals surface area contributed by atoms with E-state index in [4.69, 9.17) is 4.74 Å². The van der Waals surface area contributed by atoms with Gasteiger partial charge in [0.05, 0.1) is 6.61 Å². The maximum absolute atomic E-state index is 5.25. The molecule has 0 aliphatic rings. The van der Waals surface area contributed by atoms with E-state index in [-0.39, 0.29) is 0 Å². The van der Waals surface area contributed by atoms with Crippen molar-refractivity contribution in [2.24, 2.45) is 0 Å². The predicted molar refractivity (Wildman–Crippen MR) is 36.7 cm³/mol. The minimum Gasteiger partial charge on any atom is -0.492 e. The van der Waals surface area contributed by atoms with Crippen molar-refractivity contribution in [3.63, 3.8) is 0 Å². The molecule has 0 aliphatic carbocycles. The van der Waals surface area contributed by atoms with Gasteiger partial charge in [-0.05, 0) is 13.8 Å². The minimum atomic E-state index is 0.735. The van der Waals surface area contributed by atoms with E-state index in [1.807, 2.05) is 26.2 Å². The SMILES string of the molecule is CCOc1c[nH]cc1C. The van der Waals surface area contributed by atoms with Crippen molar-refractivity contribution in [2.45, 2.75) is 13.8 Å². The van der Waals surface area contributed by atoms with Gasteiger partial charge in [0.2, 0.25) is 0 Å². The Hall–Kier alpha value is -0.920. The number of hydrogen-bond donors (Lipinski definition) is 1. The topological polar surface area (TPSA) is 25.0 Å². The maximum Gasteiger partial charge on any atom is 0.139 e. The van der Waals surface area contributed by atoms with E-state index in [2.05, 4.69) is 4.98 Å². The minimum absolute atomic E-state index is 0.735. The van der Waals surface area contributed by atoms with Gasteiger partial charge in [-0.2, -0.15) is 0 Å². The van der Waals surface area contributed by atoms with Crippen molar-refractivity contribution in [3.8, 4) is 5.75 Å². The van der Waals surface area contributed by atoms with Crippen molar-refractivity contribution in [3.05, 3.63) is 18.0 Å². The quantitative estimate of drug-likeness (QED) is 0.639. The Morgan fingerprint density at radius 2 is 2.33 bits per heavy atom. The summed E-state index contributed by atoms with van der Waals surface area (Å²) in [6.45, 7) is 4.73. The average molecular weight is 125 g/mol. The first-order chi connectivity index (χ1) is 4.34. The van der Waals surface area contributed by atoms with Crippen molar-refractivity contribution in [1.82, 2.24) is 4.98 Å². The molecular formula is C7H11NO. The van der Waals surface area contributed by atoms with Crippen LogP contribution in [-0.2, 0) is 0 Å². The molecule has 0 saturated heterocycles. The van der Waals surface area contributed by atoms with E-state index < -0.39 is 0 Å². The number of aryl methyl sites for hydroxylation is 1. The largest absolute Gasteiger partial charge is 0.492 e. The fourth-order valence-corrected chi connectivity index (χ4v) is 0.738. The van der Waals surface area contributed by atoms with Crippen LogP contribution < -0.4 is 4.74 Å². The third-order valence-electron chi connectivity index (χ3n) is 1.20. The molecule has 0 radical (unpaired) electrons. The van der Waals surface area contributed by atoms with Crippen LogP contribution in [-0.4, -0.2) is 11.6 Å². The highest BCUT2D eigenvalue weighted by Gasteiger charge is 1.95. The Labute approximate surface area is 54.8 Å². The Bertz CT molecular complexity index is 181. The second-order valence-electron chi connectivity index (χ2n) is 1.94. The molecule has 0 bridgehead atoms. The van der Waals surface area contributed by atoms with Crippen molar-refractivity contribution < 1.29 is 4.74 Å². The molecule has 50 valence electrons. The van der Waals surface area contributed by atoms with Crippen LogP contribution in [0.1, 0.15) is 12.5 Å². The summed E-state index contributed by atoms with van der Waals surface area (Å²) in [5.41, 5.74) is 1.16. The van der Waals surface area contributed by atoms with Gasteiger partial charge in [0.25, 0.3) is 0 Å². The number of aromatic nitrogens is 1. The molecule has 0 aromatic carbocycles. The lowest BCUT2D eigenvalue weighted by Gasteiger charge is -1.98. The number of H-pyrrole nitrogens is 1. The molecule has 1 N–H and O–H groups in total. The van der Waals surface area contributed by atoms with Gasteiger partial charge < -0.3 is 9.72 Å². The van der Waals surface area contributed by atoms with E-state index in [0.717, 1.165) is 17.9 Å². The van der Waals surface area contributed by atoms with Crippen LogP contribution >= 0.6 is 0 Å². The Morgan fingerprint density at radius 3 is 2.78 bits per heavy atom. The molecule has 2 heteroatoms. The second-order valence-corrected chi connectivity index (χ2v) is 1.94. The zero-order valence-corrected chi connectivity index (χ0v) is 5.77. The van der Waals surface area contributed by atoms with Gasteiger partial charge in [-0.1, -0.05) is 0 Å². The number of ether oxygens (including phenoxy) is 1. The van der Waals surface area contributed by atoms with Crippen LogP contribution in [0.4, 0.5) is 0 Å². The summed E-state index contributed by atoms with van der Waals surface area (Å²) < 4.78 is 5.25. The summed E-state index contributed by atoms with van der Waals surface area (Å²) in [7, 11) is 0. The molecule has 9 heavy (non-hydrogen) atoms. The summed E-state index contributed by atoms with van der Waals surface area (Å²) >= 11 is 0. The molecule has 2 nitrogen and oxygen atoms in total. The van der Waals surface area contributed by atoms with E-state index in [0.29, 0.717) is 0 Å². The first-order valence-electron chi connectivity index (χ1n) is 3.10. The highest BCUT2D eigenvalue weighted by Crippen LogP contribution is 2.14. The lowest BCUT2D eigenvalue weighted by Crippen LogP contribution is -1.90. The fourth-order valence-electron chi connectivity index (χ4n) is 0.738. The Kier molecular flexibility index (Phi) is 1.78. The maximum atomic E-state index is 5.25. The lowest BCUT2D eigenvalue weighted by atomic mass is 10.4. The zero-order valence-electron chi connectivity index (χ0n) is 5.77. The number of aromatic amines is 1. The smallest absolute Gasteiger partial charge is 0.139 e. The number of nitrogens with one attached hydrogen (secondary N) is 1. The first-order valence-corrected chi connectivity index (χ1v) is 3.10. The molecule has 0 atom stereocenters. The first kappa shape index (κ1) is 6.20. The molecule has 1 heterocycles. The van der Waals surface area contributed by atoms with Gasteiger partial charge in [0, 0.05) is 18.0 Å². The van der Waals surface area contributed by atoms with Gasteiger partial charge in [-0.15, -0.1) is 0 Å². The molecule has 0 unspecified atom stereocenters. The standard InChI is InChI=1S/C7H11NO/c1-3-9-7-5-8-4-6(7)2/h4-5,8H,3H2,1-2H3. The molecule has 1 aromatic heterocycles. The average Bonchev–Trinajstić information content (AvgIpc) is 2.18. The van der Waals surface area contributed by atoms with E-state index in [1.165, 1.54) is 0 Å². The normalized spacial score (nSPS) is 9.56. The highest BCUT2D eigenvalue weighted by molar-refractivity contribution is 5.27. The van der Waals surface area contributed by atoms with E-state index >= 15 is 0 Å². The van der Waals surface area contributed by atoms with Crippen LogP contribution in [0, 0.1) is 6.92 Å². The Morgan fingerprint density at radius 1 is 1.56 bits per heavy atom. The predicted octanol–water partition coefficient (Wildman–Crippen LogP) is 1.72. The fraction of sp³-hybridized carbons (Fsp3) is 0.429. The van der Waals surface area contributed by atoms with Crippen LogP contribution in [0.15, 0.2) is 12.4 Å². The zero-order chi connectivity index (χ0) is 6.69. The summed E-state index contributed by atoms with van der Waals surface area (Å²) in [5, 5.41) is 0. The molecule has 0 spiro atoms. The van der Waals surface area contributed by atoms with Gasteiger partial charge in [0.1, 0.15) is 5.75 Å². The van der Waals surface area contributed by atoms with Crippen LogP contribution in [0.25, 0.3) is 0 Å². The molecule has 1 rings (SSSR count). The van der Waals surface area contributed by atoms with Crippen molar-refractivity contribution in [1.29, 1.82) is 0 Å². The van der Waals surface area contributed by atoms with E-state index in [9.17, 15) is 0 Å². The molecule has 0 amide bonds. The Balaban J connectivity index is 2.69. The third kappa shape index (κ3) is 1.25. The van der Waals surface area contributed by atoms with Crippen LogP contribution in [0.2, 0.25) is 0 Å². The van der Waals surface area contributed by atoms with Gasteiger partial charge in [0.15, 0.2) is 0 Å². The van der Waals surface area contributed by atoms with Gasteiger partial charge in [-0.25, -0.2) is 0 Å². The van der Waals surface area contributed by atoms with Crippen LogP contribution in [0.3, 0.4) is 0 Å². The van der Waals surface area contributed by atoms with Crippen molar-refractivity contribution >= 4 is 0 Å². The third-order valence-corrected chi connectivity index (χ3v) is 1.20. The molecular weight excluding hydrogens is 114 g/mol. The molecule has 0 fully saturated rings. The van der Waals surface area contributed by atoms with Gasteiger partial charge >= 0.3 is 0 Å². The summed E-state index contributed by atoms with van der Waals surface area (Å²) in [6, 6.07) is 0. The molecule has 0 saturated carbocycles. The molecule has 0 aliphatic heterocycles. The lowest BCUT2D eigenvalue weighted by molar-refractivity contribution is 0.338. The van der Waals surface area contributed by atoms with Gasteiger partial charge in [-0.3, -0.25) is 0 Å². The molecule has 1 aromatic rings. The monoisotopic (exact) mass is 125 g/mol. The van der Waals surface area contributed by atoms with Crippen molar-refractivity contribution in [2.75, 3.05) is 6.61 Å². The number of rotatable bonds is 2. The summed E-state index contributed by atoms with van der Waals surface area (Å²) in [6.07, 6.45) is 3.78. The van der Waals surface area contributed by atoms with E-state index in [1.54, 1.807) is 0 Å². The summed E-state index contributed by atoms with van der Waals surface area (Å²) in [5.74, 6) is 0.956. The second kappa shape index (κ2) is 2.58. The summed E-state index contributed by atoms with van der Waals surface area (Å²) in [4.78, 5) is 2.96. The van der Waals surface area contributed by atoms with Crippen LogP contribution in [0.5, 0.6) is 5.75 Å². The highest BCUT2D eigenvalue weighted by atomic mass is 16.5.